The van der Waals surface area contributed by atoms with Crippen molar-refractivity contribution in [2.75, 3.05) is 43.4 Å². The number of aliphatic hydroxyl groups excluding tert-OH is 1. The van der Waals surface area contributed by atoms with E-state index in [9.17, 15) is 9.59 Å². The number of aliphatic hydroxyl groups is 1. The highest BCUT2D eigenvalue weighted by atomic mass is 32.2. The molecule has 1 aliphatic heterocycles. The van der Waals surface area contributed by atoms with E-state index in [1.54, 1.807) is 4.57 Å². The van der Waals surface area contributed by atoms with Gasteiger partial charge in [0.2, 0.25) is 5.91 Å². The Hall–Kier alpha value is -2.32. The summed E-state index contributed by atoms with van der Waals surface area (Å²) < 4.78 is 1.70. The Kier molecular flexibility index (Phi) is 6.74. The largest absolute Gasteiger partial charge is 0.396 e. The molecule has 1 amide bonds. The number of para-hydroxylation sites is 1. The maximum Gasteiger partial charge on any atom is 0.348 e. The number of amides is 1. The maximum absolute atomic E-state index is 12.8. The topological polar surface area (TPSA) is 78.7 Å². The summed E-state index contributed by atoms with van der Waals surface area (Å²) in [5, 5.41) is 9.80. The van der Waals surface area contributed by atoms with Crippen molar-refractivity contribution in [3.63, 3.8) is 0 Å². The SMILES string of the molecule is O=C(CSc1nc(=O)n(CCCO)c2c1CCC2)N1CCN(c2ccccc2)CC1. The molecule has 160 valence electrons. The number of hydrogen-bond donors (Lipinski definition) is 1. The molecule has 2 heterocycles. The van der Waals surface area contributed by atoms with Crippen LogP contribution in [0.1, 0.15) is 24.1 Å². The molecular weight excluding hydrogens is 400 g/mol. The smallest absolute Gasteiger partial charge is 0.348 e. The van der Waals surface area contributed by atoms with Crippen LogP contribution in [0.4, 0.5) is 5.69 Å². The number of thioether (sulfide) groups is 1. The predicted molar refractivity (Wildman–Crippen MR) is 118 cm³/mol. The van der Waals surface area contributed by atoms with E-state index in [0.29, 0.717) is 36.8 Å². The standard InChI is InChI=1S/C22H28N4O3S/c27-15-5-10-26-19-9-4-8-18(19)21(23-22(26)29)30-16-20(28)25-13-11-24(12-14-25)17-6-2-1-3-7-17/h1-3,6-7,27H,4-5,8-16H2. The van der Waals surface area contributed by atoms with Gasteiger partial charge < -0.3 is 14.9 Å². The van der Waals surface area contributed by atoms with E-state index in [4.69, 9.17) is 5.11 Å². The third kappa shape index (κ3) is 4.54. The first kappa shape index (κ1) is 20.9. The van der Waals surface area contributed by atoms with Crippen LogP contribution >= 0.6 is 11.8 Å². The molecule has 0 unspecified atom stereocenters. The van der Waals surface area contributed by atoms with E-state index < -0.39 is 0 Å². The summed E-state index contributed by atoms with van der Waals surface area (Å²) >= 11 is 1.39. The second kappa shape index (κ2) is 9.66. The summed E-state index contributed by atoms with van der Waals surface area (Å²) in [7, 11) is 0. The van der Waals surface area contributed by atoms with Crippen molar-refractivity contribution in [1.82, 2.24) is 14.5 Å². The molecule has 0 radical (unpaired) electrons. The Labute approximate surface area is 180 Å². The number of hydrogen-bond acceptors (Lipinski definition) is 6. The monoisotopic (exact) mass is 428 g/mol. The van der Waals surface area contributed by atoms with E-state index in [1.807, 2.05) is 23.1 Å². The lowest BCUT2D eigenvalue weighted by molar-refractivity contribution is -0.128. The second-order valence-corrected chi connectivity index (χ2v) is 8.66. The van der Waals surface area contributed by atoms with Gasteiger partial charge in [-0.25, -0.2) is 4.79 Å². The van der Waals surface area contributed by atoms with Crippen molar-refractivity contribution in [3.05, 3.63) is 52.1 Å². The Bertz CT molecular complexity index is 939. The number of aromatic nitrogens is 2. The van der Waals surface area contributed by atoms with Gasteiger partial charge in [0, 0.05) is 56.3 Å². The summed E-state index contributed by atoms with van der Waals surface area (Å²) in [6.45, 7) is 3.64. The Morgan fingerprint density at radius 3 is 2.60 bits per heavy atom. The molecule has 0 bridgehead atoms. The van der Waals surface area contributed by atoms with Crippen LogP contribution in [0.25, 0.3) is 0 Å². The number of fused-ring (bicyclic) bond motifs is 1. The summed E-state index contributed by atoms with van der Waals surface area (Å²) in [5.41, 5.74) is 3.07. The fourth-order valence-corrected chi connectivity index (χ4v) is 5.22. The predicted octanol–water partition coefficient (Wildman–Crippen LogP) is 1.56. The molecule has 0 saturated carbocycles. The van der Waals surface area contributed by atoms with Gasteiger partial charge in [-0.05, 0) is 37.8 Å². The van der Waals surface area contributed by atoms with E-state index in [0.717, 1.165) is 43.6 Å². The third-order valence-electron chi connectivity index (χ3n) is 5.83. The average molecular weight is 429 g/mol. The Morgan fingerprint density at radius 2 is 1.87 bits per heavy atom. The van der Waals surface area contributed by atoms with Crippen molar-refractivity contribution in [3.8, 4) is 0 Å². The molecule has 1 fully saturated rings. The highest BCUT2D eigenvalue weighted by molar-refractivity contribution is 7.99. The molecule has 2 aliphatic rings. The number of anilines is 1. The van der Waals surface area contributed by atoms with Crippen LogP contribution in [-0.4, -0.2) is 64.0 Å². The molecule has 1 N–H and O–H groups in total. The summed E-state index contributed by atoms with van der Waals surface area (Å²) in [6.07, 6.45) is 3.31. The molecule has 1 saturated heterocycles. The average Bonchev–Trinajstić information content (AvgIpc) is 3.27. The summed E-state index contributed by atoms with van der Waals surface area (Å²) in [4.78, 5) is 33.7. The van der Waals surface area contributed by atoms with Gasteiger partial charge in [-0.2, -0.15) is 4.98 Å². The molecule has 30 heavy (non-hydrogen) atoms. The van der Waals surface area contributed by atoms with Crippen LogP contribution in [0, 0.1) is 0 Å². The molecule has 1 aliphatic carbocycles. The van der Waals surface area contributed by atoms with Crippen LogP contribution in [0.15, 0.2) is 40.2 Å². The Balaban J connectivity index is 1.36. The number of rotatable bonds is 7. The lowest BCUT2D eigenvalue weighted by Gasteiger charge is -2.36. The van der Waals surface area contributed by atoms with Gasteiger partial charge in [0.05, 0.1) is 5.75 Å². The first-order chi connectivity index (χ1) is 14.7. The van der Waals surface area contributed by atoms with Crippen LogP contribution in [0.3, 0.4) is 0 Å². The number of benzene rings is 1. The van der Waals surface area contributed by atoms with Crippen molar-refractivity contribution >= 4 is 23.4 Å². The van der Waals surface area contributed by atoms with Gasteiger partial charge in [0.15, 0.2) is 0 Å². The van der Waals surface area contributed by atoms with E-state index in [-0.39, 0.29) is 18.2 Å². The Morgan fingerprint density at radius 1 is 1.10 bits per heavy atom. The molecule has 0 atom stereocenters. The zero-order valence-corrected chi connectivity index (χ0v) is 17.9. The molecule has 0 spiro atoms. The first-order valence-corrected chi connectivity index (χ1v) is 11.6. The number of piperazine rings is 1. The van der Waals surface area contributed by atoms with Crippen LogP contribution in [0.5, 0.6) is 0 Å². The fourth-order valence-electron chi connectivity index (χ4n) is 4.24. The minimum Gasteiger partial charge on any atom is -0.396 e. The summed E-state index contributed by atoms with van der Waals surface area (Å²) in [5.74, 6) is 0.413. The second-order valence-electron chi connectivity index (χ2n) is 7.70. The van der Waals surface area contributed by atoms with E-state index in [1.165, 1.54) is 17.4 Å². The quantitative estimate of drug-likeness (QED) is 0.533. The lowest BCUT2D eigenvalue weighted by Crippen LogP contribution is -2.49. The molecule has 4 rings (SSSR count). The van der Waals surface area contributed by atoms with E-state index in [2.05, 4.69) is 22.0 Å². The zero-order valence-electron chi connectivity index (χ0n) is 17.1. The van der Waals surface area contributed by atoms with Crippen LogP contribution in [-0.2, 0) is 24.2 Å². The number of nitrogens with zero attached hydrogens (tertiary/aromatic N) is 4. The van der Waals surface area contributed by atoms with Crippen molar-refractivity contribution in [2.45, 2.75) is 37.3 Å². The summed E-state index contributed by atoms with van der Waals surface area (Å²) in [6, 6.07) is 10.3. The van der Waals surface area contributed by atoms with Crippen LogP contribution in [0.2, 0.25) is 0 Å². The first-order valence-electron chi connectivity index (χ1n) is 10.6. The fraction of sp³-hybridized carbons (Fsp3) is 0.500. The molecule has 8 heteroatoms. The zero-order chi connectivity index (χ0) is 20.9. The van der Waals surface area contributed by atoms with Crippen molar-refractivity contribution in [2.24, 2.45) is 0 Å². The third-order valence-corrected chi connectivity index (χ3v) is 6.83. The lowest BCUT2D eigenvalue weighted by atomic mass is 10.2. The van der Waals surface area contributed by atoms with Crippen LogP contribution < -0.4 is 10.6 Å². The molecular formula is C22H28N4O3S. The highest BCUT2D eigenvalue weighted by Gasteiger charge is 2.25. The van der Waals surface area contributed by atoms with Gasteiger partial charge in [0.1, 0.15) is 5.03 Å². The number of carbonyl (C=O) groups excluding carboxylic acids is 1. The van der Waals surface area contributed by atoms with Gasteiger partial charge in [-0.1, -0.05) is 30.0 Å². The van der Waals surface area contributed by atoms with Crippen molar-refractivity contribution in [1.29, 1.82) is 0 Å². The van der Waals surface area contributed by atoms with Gasteiger partial charge >= 0.3 is 5.69 Å². The molecule has 7 nitrogen and oxygen atoms in total. The molecule has 1 aromatic heterocycles. The van der Waals surface area contributed by atoms with Gasteiger partial charge in [-0.3, -0.25) is 9.36 Å². The highest BCUT2D eigenvalue weighted by Crippen LogP contribution is 2.29. The maximum atomic E-state index is 12.8. The molecule has 1 aromatic carbocycles. The van der Waals surface area contributed by atoms with Gasteiger partial charge in [0.25, 0.3) is 0 Å². The van der Waals surface area contributed by atoms with Crippen molar-refractivity contribution < 1.29 is 9.90 Å². The minimum atomic E-state index is -0.268. The van der Waals surface area contributed by atoms with E-state index >= 15 is 0 Å². The number of carbonyl (C=O) groups is 1. The normalized spacial score (nSPS) is 16.0. The minimum absolute atomic E-state index is 0.0593. The van der Waals surface area contributed by atoms with Gasteiger partial charge in [-0.15, -0.1) is 0 Å². The molecule has 2 aromatic rings.